The molecule has 0 atom stereocenters. The molecule has 2 N–H and O–H groups in total. The Labute approximate surface area is 159 Å². The number of para-hydroxylation sites is 2. The van der Waals surface area contributed by atoms with Crippen LogP contribution in [0.3, 0.4) is 0 Å². The van der Waals surface area contributed by atoms with Gasteiger partial charge < -0.3 is 14.9 Å². The summed E-state index contributed by atoms with van der Waals surface area (Å²) >= 11 is 3.48. The van der Waals surface area contributed by atoms with E-state index >= 15 is 0 Å². The molecule has 5 nitrogen and oxygen atoms in total. The summed E-state index contributed by atoms with van der Waals surface area (Å²) in [5.74, 6) is 0.980. The second-order valence-corrected chi connectivity index (χ2v) is 7.22. The van der Waals surface area contributed by atoms with Gasteiger partial charge in [-0.05, 0) is 42.1 Å². The summed E-state index contributed by atoms with van der Waals surface area (Å²) in [5, 5.41) is 4.12. The molecule has 0 aliphatic heterocycles. The standard InChI is InChI=1S/C20H19BrN4O/c21-15-8-7-14-9-11-25(18(14)12-15)13-20(26)22-10-3-6-19-23-16-4-1-2-5-17(16)24-19/h1-2,4-5,7-9,11-12H,3,6,10,13H2,(H,22,26)(H,23,24). The summed E-state index contributed by atoms with van der Waals surface area (Å²) in [6.45, 7) is 0.962. The molecular weight excluding hydrogens is 392 g/mol. The summed E-state index contributed by atoms with van der Waals surface area (Å²) in [5.41, 5.74) is 3.09. The van der Waals surface area contributed by atoms with Crippen LogP contribution in [0.2, 0.25) is 0 Å². The number of fused-ring (bicyclic) bond motifs is 2. The van der Waals surface area contributed by atoms with E-state index in [0.29, 0.717) is 13.1 Å². The number of halogens is 1. The molecule has 4 aromatic rings. The van der Waals surface area contributed by atoms with E-state index < -0.39 is 0 Å². The van der Waals surface area contributed by atoms with Gasteiger partial charge in [0.05, 0.1) is 11.0 Å². The molecule has 2 heterocycles. The average Bonchev–Trinajstić information content (AvgIpc) is 3.22. The first-order chi connectivity index (χ1) is 12.7. The van der Waals surface area contributed by atoms with Gasteiger partial charge in [0.1, 0.15) is 12.4 Å². The largest absolute Gasteiger partial charge is 0.355 e. The van der Waals surface area contributed by atoms with Crippen molar-refractivity contribution in [3.05, 3.63) is 65.0 Å². The minimum Gasteiger partial charge on any atom is -0.355 e. The number of nitrogens with one attached hydrogen (secondary N) is 2. The van der Waals surface area contributed by atoms with Crippen molar-refractivity contribution in [1.29, 1.82) is 0 Å². The number of imidazole rings is 1. The maximum atomic E-state index is 12.2. The van der Waals surface area contributed by atoms with E-state index in [1.807, 2.05) is 59.3 Å². The number of carbonyl (C=O) groups excluding carboxylic acids is 1. The molecule has 4 rings (SSSR count). The van der Waals surface area contributed by atoms with Crippen molar-refractivity contribution in [3.63, 3.8) is 0 Å². The first-order valence-corrected chi connectivity index (χ1v) is 9.43. The lowest BCUT2D eigenvalue weighted by molar-refractivity contribution is -0.121. The van der Waals surface area contributed by atoms with Crippen LogP contribution in [0.15, 0.2) is 59.2 Å². The van der Waals surface area contributed by atoms with Gasteiger partial charge in [0.2, 0.25) is 5.91 Å². The van der Waals surface area contributed by atoms with E-state index in [1.165, 1.54) is 0 Å². The molecule has 0 spiro atoms. The third-order valence-corrected chi connectivity index (χ3v) is 4.89. The van der Waals surface area contributed by atoms with Gasteiger partial charge in [-0.1, -0.05) is 34.1 Å². The average molecular weight is 411 g/mol. The van der Waals surface area contributed by atoms with Crippen molar-refractivity contribution < 1.29 is 4.79 Å². The Bertz CT molecular complexity index is 1030. The fraction of sp³-hybridized carbons (Fsp3) is 0.200. The summed E-state index contributed by atoms with van der Waals surface area (Å²) < 4.78 is 2.98. The van der Waals surface area contributed by atoms with Gasteiger partial charge in [-0.3, -0.25) is 4.79 Å². The molecule has 6 heteroatoms. The molecule has 0 radical (unpaired) electrons. The van der Waals surface area contributed by atoms with Crippen molar-refractivity contribution in [1.82, 2.24) is 19.9 Å². The van der Waals surface area contributed by atoms with Gasteiger partial charge in [-0.15, -0.1) is 0 Å². The number of hydrogen-bond donors (Lipinski definition) is 2. The number of benzene rings is 2. The predicted molar refractivity (Wildman–Crippen MR) is 107 cm³/mol. The van der Waals surface area contributed by atoms with Gasteiger partial charge in [0.15, 0.2) is 0 Å². The molecular formula is C20H19BrN4O. The number of aryl methyl sites for hydroxylation is 1. The van der Waals surface area contributed by atoms with Crippen LogP contribution in [0.4, 0.5) is 0 Å². The molecule has 132 valence electrons. The lowest BCUT2D eigenvalue weighted by atomic mass is 10.2. The highest BCUT2D eigenvalue weighted by atomic mass is 79.9. The molecule has 0 saturated heterocycles. The number of amides is 1. The van der Waals surface area contributed by atoms with Crippen molar-refractivity contribution >= 4 is 43.8 Å². The number of aromatic amines is 1. The number of nitrogens with zero attached hydrogens (tertiary/aromatic N) is 2. The van der Waals surface area contributed by atoms with Crippen LogP contribution in [-0.4, -0.2) is 27.0 Å². The monoisotopic (exact) mass is 410 g/mol. The van der Waals surface area contributed by atoms with Gasteiger partial charge >= 0.3 is 0 Å². The van der Waals surface area contributed by atoms with Crippen molar-refractivity contribution in [2.45, 2.75) is 19.4 Å². The molecule has 0 bridgehead atoms. The lowest BCUT2D eigenvalue weighted by Gasteiger charge is -2.07. The SMILES string of the molecule is O=C(Cn1ccc2ccc(Br)cc21)NCCCc1nc2ccccc2[nH]1. The predicted octanol–water partition coefficient (Wildman–Crippen LogP) is 4.03. The first-order valence-electron chi connectivity index (χ1n) is 8.64. The van der Waals surface area contributed by atoms with E-state index in [-0.39, 0.29) is 5.91 Å². The quantitative estimate of drug-likeness (QED) is 0.471. The number of rotatable bonds is 6. The maximum Gasteiger partial charge on any atom is 0.239 e. The smallest absolute Gasteiger partial charge is 0.239 e. The number of hydrogen-bond acceptors (Lipinski definition) is 2. The number of carbonyl (C=O) groups is 1. The summed E-state index contributed by atoms with van der Waals surface area (Å²) in [6.07, 6.45) is 3.61. The first kappa shape index (κ1) is 16.8. The van der Waals surface area contributed by atoms with Crippen LogP contribution >= 0.6 is 15.9 Å². The highest BCUT2D eigenvalue weighted by Crippen LogP contribution is 2.20. The Morgan fingerprint density at radius 1 is 1.19 bits per heavy atom. The molecule has 2 aromatic carbocycles. The van der Waals surface area contributed by atoms with Gasteiger partial charge in [0, 0.05) is 29.2 Å². The van der Waals surface area contributed by atoms with Crippen LogP contribution in [0.5, 0.6) is 0 Å². The van der Waals surface area contributed by atoms with E-state index in [2.05, 4.69) is 31.2 Å². The van der Waals surface area contributed by atoms with E-state index in [1.54, 1.807) is 0 Å². The van der Waals surface area contributed by atoms with Gasteiger partial charge in [-0.2, -0.15) is 0 Å². The Balaban J connectivity index is 1.29. The van der Waals surface area contributed by atoms with E-state index in [0.717, 1.165) is 45.1 Å². The fourth-order valence-corrected chi connectivity index (χ4v) is 3.46. The molecule has 0 saturated carbocycles. The Morgan fingerprint density at radius 2 is 2.08 bits per heavy atom. The lowest BCUT2D eigenvalue weighted by Crippen LogP contribution is -2.28. The molecule has 0 aliphatic carbocycles. The van der Waals surface area contributed by atoms with Crippen LogP contribution in [0, 0.1) is 0 Å². The van der Waals surface area contributed by atoms with E-state index in [9.17, 15) is 4.79 Å². The fourth-order valence-electron chi connectivity index (χ4n) is 3.11. The van der Waals surface area contributed by atoms with Crippen molar-refractivity contribution in [2.24, 2.45) is 0 Å². The zero-order valence-electron chi connectivity index (χ0n) is 14.2. The van der Waals surface area contributed by atoms with Crippen LogP contribution in [0.1, 0.15) is 12.2 Å². The summed E-state index contributed by atoms with van der Waals surface area (Å²) in [4.78, 5) is 20.1. The van der Waals surface area contributed by atoms with Crippen LogP contribution in [0.25, 0.3) is 21.9 Å². The molecule has 0 unspecified atom stereocenters. The maximum absolute atomic E-state index is 12.2. The summed E-state index contributed by atoms with van der Waals surface area (Å²) in [6, 6.07) is 16.1. The zero-order chi connectivity index (χ0) is 17.9. The molecule has 2 aromatic heterocycles. The van der Waals surface area contributed by atoms with Crippen molar-refractivity contribution in [2.75, 3.05) is 6.54 Å². The van der Waals surface area contributed by atoms with Crippen molar-refractivity contribution in [3.8, 4) is 0 Å². The Morgan fingerprint density at radius 3 is 2.96 bits per heavy atom. The second kappa shape index (κ2) is 7.33. The number of aromatic nitrogens is 3. The Kier molecular flexibility index (Phi) is 4.75. The number of H-pyrrole nitrogens is 1. The van der Waals surface area contributed by atoms with Gasteiger partial charge in [0.25, 0.3) is 0 Å². The molecule has 0 fully saturated rings. The second-order valence-electron chi connectivity index (χ2n) is 6.30. The zero-order valence-corrected chi connectivity index (χ0v) is 15.8. The third-order valence-electron chi connectivity index (χ3n) is 4.40. The highest BCUT2D eigenvalue weighted by molar-refractivity contribution is 9.10. The normalized spacial score (nSPS) is 11.3. The van der Waals surface area contributed by atoms with Crippen LogP contribution in [-0.2, 0) is 17.8 Å². The minimum absolute atomic E-state index is 0.0204. The Hall–Kier alpha value is -2.60. The van der Waals surface area contributed by atoms with Gasteiger partial charge in [-0.25, -0.2) is 4.98 Å². The van der Waals surface area contributed by atoms with E-state index in [4.69, 9.17) is 0 Å². The topological polar surface area (TPSA) is 62.7 Å². The van der Waals surface area contributed by atoms with Crippen LogP contribution < -0.4 is 5.32 Å². The molecule has 1 amide bonds. The molecule has 26 heavy (non-hydrogen) atoms. The highest BCUT2D eigenvalue weighted by Gasteiger charge is 2.07. The molecule has 0 aliphatic rings. The third kappa shape index (κ3) is 3.65. The summed E-state index contributed by atoms with van der Waals surface area (Å²) in [7, 11) is 0. The minimum atomic E-state index is 0.0204.